The van der Waals surface area contributed by atoms with Crippen molar-refractivity contribution in [2.75, 3.05) is 26.8 Å². The first kappa shape index (κ1) is 24.7. The Balaban J connectivity index is 1.94. The summed E-state index contributed by atoms with van der Waals surface area (Å²) in [6.07, 6.45) is 3.40. The summed E-state index contributed by atoms with van der Waals surface area (Å²) in [6.45, 7) is 4.91. The van der Waals surface area contributed by atoms with Crippen molar-refractivity contribution in [1.29, 1.82) is 0 Å². The quantitative estimate of drug-likeness (QED) is 0.349. The first-order valence-corrected chi connectivity index (χ1v) is 11.9. The summed E-state index contributed by atoms with van der Waals surface area (Å²) in [4.78, 5) is 31.2. The third kappa shape index (κ3) is 5.00. The van der Waals surface area contributed by atoms with Crippen LogP contribution in [0.3, 0.4) is 0 Å². The van der Waals surface area contributed by atoms with Gasteiger partial charge in [-0.3, -0.25) is 14.3 Å². The number of carbonyl (C=O) groups excluding carboxylic acids is 1. The van der Waals surface area contributed by atoms with E-state index in [1.807, 2.05) is 6.92 Å². The fourth-order valence-electron chi connectivity index (χ4n) is 4.23. The highest BCUT2D eigenvalue weighted by atomic mass is 19.1. The van der Waals surface area contributed by atoms with Crippen molar-refractivity contribution in [3.05, 3.63) is 63.3 Å². The Morgan fingerprint density at radius 3 is 2.74 bits per heavy atom. The summed E-state index contributed by atoms with van der Waals surface area (Å²) >= 11 is 0. The molecule has 0 amide bonds. The highest BCUT2D eigenvalue weighted by Gasteiger charge is 2.32. The number of hydrogen-bond acceptors (Lipinski definition) is 7. The molecule has 8 nitrogen and oxygen atoms in total. The number of ether oxygens (including phenoxy) is 3. The smallest absolute Gasteiger partial charge is 0.347 e. The van der Waals surface area contributed by atoms with E-state index in [1.165, 1.54) is 16.7 Å². The van der Waals surface area contributed by atoms with Crippen LogP contribution in [-0.4, -0.2) is 48.4 Å². The van der Waals surface area contributed by atoms with Gasteiger partial charge in [0.25, 0.3) is 5.56 Å². The van der Waals surface area contributed by atoms with Crippen molar-refractivity contribution < 1.29 is 23.4 Å². The zero-order valence-corrected chi connectivity index (χ0v) is 20.2. The third-order valence-corrected chi connectivity index (χ3v) is 5.89. The Labute approximate surface area is 203 Å². The number of carbonyl (C=O) groups is 1. The summed E-state index contributed by atoms with van der Waals surface area (Å²) in [5, 5.41) is 3.08. The fraction of sp³-hybridized carbons (Fsp3) is 0.423. The van der Waals surface area contributed by atoms with E-state index in [1.54, 1.807) is 32.3 Å². The maximum absolute atomic E-state index is 13.7. The van der Waals surface area contributed by atoms with Crippen LogP contribution in [0, 0.1) is 5.82 Å². The van der Waals surface area contributed by atoms with Crippen molar-refractivity contribution >= 4 is 17.0 Å². The number of likely N-dealkylation sites (N-methyl/N-ethyl adjacent to an activating group) is 1. The molecule has 0 radical (unpaired) electrons. The van der Waals surface area contributed by atoms with Gasteiger partial charge in [0.05, 0.1) is 19.8 Å². The zero-order chi connectivity index (χ0) is 24.9. The van der Waals surface area contributed by atoms with Gasteiger partial charge < -0.3 is 19.5 Å². The van der Waals surface area contributed by atoms with Gasteiger partial charge in [-0.1, -0.05) is 25.5 Å². The zero-order valence-electron chi connectivity index (χ0n) is 20.2. The highest BCUT2D eigenvalue weighted by molar-refractivity contribution is 6.00. The normalized spacial score (nSPS) is 14.6. The number of halogens is 1. The first-order chi connectivity index (χ1) is 17.0. The summed E-state index contributed by atoms with van der Waals surface area (Å²) in [5.41, 5.74) is 1.85. The molecule has 4 rings (SSSR count). The van der Waals surface area contributed by atoms with Crippen molar-refractivity contribution in [2.45, 2.75) is 45.8 Å². The monoisotopic (exact) mass is 483 g/mol. The van der Waals surface area contributed by atoms with Crippen LogP contribution in [0.1, 0.15) is 48.2 Å². The number of rotatable bonds is 10. The standard InChI is InChI=1S/C26H30FN3O5/c1-4-6-11-34-24-20(26(32)33-5-2)25(31)30-15-19(14-28-3)35-23-17(13-29-21(24)22(23)30)12-16-7-9-18(27)10-8-16/h7-10,13,19,28H,4-6,11-12,14-15H2,1-3H3/t19-/m0/s1. The molecule has 1 atom stereocenters. The summed E-state index contributed by atoms with van der Waals surface area (Å²) in [5.74, 6) is -0.409. The van der Waals surface area contributed by atoms with Gasteiger partial charge in [-0.2, -0.15) is 0 Å². The van der Waals surface area contributed by atoms with E-state index >= 15 is 0 Å². The minimum absolute atomic E-state index is 0.124. The van der Waals surface area contributed by atoms with Crippen molar-refractivity contribution in [2.24, 2.45) is 0 Å². The van der Waals surface area contributed by atoms with E-state index in [9.17, 15) is 14.0 Å². The number of hydrogen-bond donors (Lipinski definition) is 1. The number of unbranched alkanes of at least 4 members (excludes halogenated alkanes) is 1. The molecule has 0 spiro atoms. The van der Waals surface area contributed by atoms with Crippen molar-refractivity contribution in [3.63, 3.8) is 0 Å². The van der Waals surface area contributed by atoms with Gasteiger partial charge >= 0.3 is 5.97 Å². The van der Waals surface area contributed by atoms with Crippen LogP contribution < -0.4 is 20.3 Å². The van der Waals surface area contributed by atoms with Gasteiger partial charge in [-0.05, 0) is 38.1 Å². The van der Waals surface area contributed by atoms with E-state index in [4.69, 9.17) is 14.2 Å². The topological polar surface area (TPSA) is 91.7 Å². The molecule has 0 saturated carbocycles. The maximum Gasteiger partial charge on any atom is 0.347 e. The van der Waals surface area contributed by atoms with Crippen LogP contribution in [-0.2, 0) is 17.7 Å². The molecule has 3 aromatic rings. The number of pyridine rings is 2. The summed E-state index contributed by atoms with van der Waals surface area (Å²) < 4.78 is 32.5. The lowest BCUT2D eigenvalue weighted by atomic mass is 10.0. The molecule has 1 aliphatic heterocycles. The molecule has 3 heterocycles. The largest absolute Gasteiger partial charge is 0.490 e. The van der Waals surface area contributed by atoms with Gasteiger partial charge in [-0.25, -0.2) is 9.18 Å². The third-order valence-electron chi connectivity index (χ3n) is 5.89. The van der Waals surface area contributed by atoms with E-state index in [2.05, 4.69) is 10.3 Å². The molecule has 0 fully saturated rings. The number of aromatic nitrogens is 2. The average molecular weight is 484 g/mol. The van der Waals surface area contributed by atoms with E-state index in [0.717, 1.165) is 24.0 Å². The number of esters is 1. The average Bonchev–Trinajstić information content (AvgIpc) is 2.84. The van der Waals surface area contributed by atoms with Crippen molar-refractivity contribution in [1.82, 2.24) is 14.9 Å². The lowest BCUT2D eigenvalue weighted by Crippen LogP contribution is -2.41. The second-order valence-corrected chi connectivity index (χ2v) is 8.45. The molecular weight excluding hydrogens is 453 g/mol. The second-order valence-electron chi connectivity index (χ2n) is 8.45. The Morgan fingerprint density at radius 1 is 1.29 bits per heavy atom. The lowest BCUT2D eigenvalue weighted by Gasteiger charge is -2.30. The SMILES string of the molecule is CCCCOc1c(C(=O)OCC)c(=O)n2c3c(c(Cc4ccc(F)cc4)cnc13)O[C@@H](CNC)C2. The van der Waals surface area contributed by atoms with Crippen LogP contribution in [0.15, 0.2) is 35.3 Å². The predicted octanol–water partition coefficient (Wildman–Crippen LogP) is 3.46. The van der Waals surface area contributed by atoms with E-state index < -0.39 is 11.5 Å². The number of nitrogens with zero attached hydrogens (tertiary/aromatic N) is 2. The minimum Gasteiger partial charge on any atom is -0.490 e. The molecule has 1 aromatic carbocycles. The Kier molecular flexibility index (Phi) is 7.65. The van der Waals surface area contributed by atoms with Crippen molar-refractivity contribution in [3.8, 4) is 11.5 Å². The molecule has 1 N–H and O–H groups in total. The van der Waals surface area contributed by atoms with Crippen LogP contribution in [0.5, 0.6) is 11.5 Å². The van der Waals surface area contributed by atoms with Gasteiger partial charge in [0, 0.05) is 24.7 Å². The van der Waals surface area contributed by atoms with Crippen LogP contribution >= 0.6 is 0 Å². The van der Waals surface area contributed by atoms with Crippen LogP contribution in [0.25, 0.3) is 11.0 Å². The summed E-state index contributed by atoms with van der Waals surface area (Å²) in [6, 6.07) is 6.22. The molecule has 9 heteroatoms. The second kappa shape index (κ2) is 10.9. The maximum atomic E-state index is 13.7. The Morgan fingerprint density at radius 2 is 2.06 bits per heavy atom. The first-order valence-electron chi connectivity index (χ1n) is 11.9. The van der Waals surface area contributed by atoms with Gasteiger partial charge in [0.1, 0.15) is 23.0 Å². The lowest BCUT2D eigenvalue weighted by molar-refractivity contribution is 0.0518. The highest BCUT2D eigenvalue weighted by Crippen LogP contribution is 2.38. The van der Waals surface area contributed by atoms with Gasteiger partial charge in [-0.15, -0.1) is 0 Å². The number of nitrogens with one attached hydrogen (secondary N) is 1. The summed E-state index contributed by atoms with van der Waals surface area (Å²) in [7, 11) is 1.80. The Bertz CT molecular complexity index is 1270. The van der Waals surface area contributed by atoms with Gasteiger partial charge in [0.2, 0.25) is 0 Å². The minimum atomic E-state index is -0.731. The molecule has 2 aromatic heterocycles. The molecule has 35 heavy (non-hydrogen) atoms. The Hall–Kier alpha value is -3.46. The molecule has 0 aliphatic carbocycles. The number of benzene rings is 1. The molecule has 0 saturated heterocycles. The van der Waals surface area contributed by atoms with E-state index in [-0.39, 0.29) is 36.4 Å². The molecule has 186 valence electrons. The predicted molar refractivity (Wildman–Crippen MR) is 130 cm³/mol. The molecular formula is C26H30FN3O5. The van der Waals surface area contributed by atoms with E-state index in [0.29, 0.717) is 36.4 Å². The fourth-order valence-corrected chi connectivity index (χ4v) is 4.23. The van der Waals surface area contributed by atoms with Gasteiger partial charge in [0.15, 0.2) is 17.1 Å². The molecule has 0 unspecified atom stereocenters. The molecule has 0 bridgehead atoms. The van der Waals surface area contributed by atoms with Crippen LogP contribution in [0.4, 0.5) is 4.39 Å². The molecule has 1 aliphatic rings. The van der Waals surface area contributed by atoms with Crippen LogP contribution in [0.2, 0.25) is 0 Å².